The van der Waals surface area contributed by atoms with Gasteiger partial charge in [-0.05, 0) is 84.4 Å². The van der Waals surface area contributed by atoms with Gasteiger partial charge in [0.05, 0.1) is 18.5 Å². The Hall–Kier alpha value is -2.43. The molecule has 3 aromatic rings. The zero-order valence-electron chi connectivity index (χ0n) is 23.0. The van der Waals surface area contributed by atoms with Gasteiger partial charge in [-0.2, -0.15) is 4.98 Å². The fraction of sp³-hybridized carbons (Fsp3) is 0.529. The second-order valence-corrected chi connectivity index (χ2v) is 13.2. The molecule has 4 nitrogen and oxygen atoms in total. The summed E-state index contributed by atoms with van der Waals surface area (Å²) >= 11 is 6.36. The number of rotatable bonds is 3. The number of carbonyl (C=O) groups is 1. The molecular weight excluding hydrogens is 502 g/mol. The molecule has 2 saturated heterocycles. The Morgan fingerprint density at radius 2 is 1.82 bits per heavy atom. The summed E-state index contributed by atoms with van der Waals surface area (Å²) in [7, 11) is 0. The summed E-state index contributed by atoms with van der Waals surface area (Å²) < 4.78 is 0. The van der Waals surface area contributed by atoms with Crippen LogP contribution in [0.3, 0.4) is 0 Å². The van der Waals surface area contributed by atoms with E-state index in [1.807, 2.05) is 6.07 Å². The minimum absolute atomic E-state index is 0.0504. The van der Waals surface area contributed by atoms with E-state index in [0.717, 1.165) is 51.7 Å². The molecule has 2 aromatic carbocycles. The van der Waals surface area contributed by atoms with Crippen LogP contribution in [0.1, 0.15) is 80.5 Å². The van der Waals surface area contributed by atoms with Gasteiger partial charge in [0.25, 0.3) is 5.15 Å². The number of quaternary nitrogens is 1. The van der Waals surface area contributed by atoms with Gasteiger partial charge in [-0.1, -0.05) is 61.7 Å². The number of H-pyrrole nitrogens is 1. The van der Waals surface area contributed by atoms with Gasteiger partial charge in [0.15, 0.2) is 5.69 Å². The second-order valence-electron chi connectivity index (χ2n) is 12.8. The van der Waals surface area contributed by atoms with Crippen molar-refractivity contribution in [3.05, 3.63) is 76.6 Å². The summed E-state index contributed by atoms with van der Waals surface area (Å²) in [5, 5.41) is 5.75. The van der Waals surface area contributed by atoms with Crippen molar-refractivity contribution in [3.63, 3.8) is 0 Å². The van der Waals surface area contributed by atoms with Crippen molar-refractivity contribution >= 4 is 28.3 Å². The van der Waals surface area contributed by atoms with Crippen molar-refractivity contribution in [1.82, 2.24) is 4.90 Å². The van der Waals surface area contributed by atoms with Gasteiger partial charge in [0.1, 0.15) is 5.92 Å². The van der Waals surface area contributed by atoms with E-state index in [9.17, 15) is 4.79 Å². The lowest BCUT2D eigenvalue weighted by Gasteiger charge is -2.47. The molecule has 2 aliphatic heterocycles. The summed E-state index contributed by atoms with van der Waals surface area (Å²) in [6, 6.07) is 20.3. The quantitative estimate of drug-likeness (QED) is 0.440. The predicted molar refractivity (Wildman–Crippen MR) is 156 cm³/mol. The summed E-state index contributed by atoms with van der Waals surface area (Å²) in [6.45, 7) is 2.81. The highest BCUT2D eigenvalue weighted by Crippen LogP contribution is 2.46. The Bertz CT molecular complexity index is 1370. The van der Waals surface area contributed by atoms with Crippen LogP contribution in [0.25, 0.3) is 10.8 Å². The number of aromatic amines is 1. The van der Waals surface area contributed by atoms with E-state index in [0.29, 0.717) is 28.9 Å². The van der Waals surface area contributed by atoms with E-state index in [2.05, 4.69) is 63.7 Å². The van der Waals surface area contributed by atoms with Crippen LogP contribution in [0.2, 0.25) is 5.15 Å². The van der Waals surface area contributed by atoms with Gasteiger partial charge in [0.2, 0.25) is 5.91 Å². The number of halogens is 1. The summed E-state index contributed by atoms with van der Waals surface area (Å²) in [5.74, 6) is 1.65. The topological polar surface area (TPSA) is 51.1 Å². The van der Waals surface area contributed by atoms with Crippen LogP contribution in [0.5, 0.6) is 0 Å². The second kappa shape index (κ2) is 10.5. The molecule has 4 atom stereocenters. The molecule has 1 amide bonds. The van der Waals surface area contributed by atoms with Gasteiger partial charge in [0, 0.05) is 30.6 Å². The van der Waals surface area contributed by atoms with Crippen LogP contribution in [0, 0.1) is 11.8 Å². The molecule has 1 aromatic heterocycles. The van der Waals surface area contributed by atoms with Crippen LogP contribution in [0.4, 0.5) is 0 Å². The van der Waals surface area contributed by atoms with Gasteiger partial charge in [-0.25, -0.2) is 0 Å². The molecule has 7 rings (SSSR count). The van der Waals surface area contributed by atoms with Crippen LogP contribution in [0.15, 0.2) is 54.6 Å². The Morgan fingerprint density at radius 1 is 0.974 bits per heavy atom. The van der Waals surface area contributed by atoms with Gasteiger partial charge < -0.3 is 10.2 Å². The Kier molecular flexibility index (Phi) is 6.89. The summed E-state index contributed by atoms with van der Waals surface area (Å²) in [4.78, 5) is 20.5. The molecule has 39 heavy (non-hydrogen) atoms. The number of fused-ring (bicyclic) bond motifs is 3. The van der Waals surface area contributed by atoms with Crippen molar-refractivity contribution in [2.75, 3.05) is 19.6 Å². The van der Waals surface area contributed by atoms with Crippen molar-refractivity contribution in [3.8, 4) is 0 Å². The van der Waals surface area contributed by atoms with E-state index >= 15 is 0 Å². The first-order valence-corrected chi connectivity index (χ1v) is 15.8. The largest absolute Gasteiger partial charge is 0.345 e. The number of hydrogen-bond acceptors (Lipinski definition) is 1. The minimum atomic E-state index is -0.0714. The number of nitrogens with zero attached hydrogens (tertiary/aromatic N) is 1. The molecule has 204 valence electrons. The SMILES string of the molecule is O=C([C@@H]1C[NH2+]C[C@]12CCCc1[nH+]c(Cl)ccc12)N1CCC(c2ccc3ccccc3c2)CC1C1CCCCC1. The molecule has 3 N–H and O–H groups in total. The minimum Gasteiger partial charge on any atom is -0.345 e. The van der Waals surface area contributed by atoms with E-state index in [1.54, 1.807) is 0 Å². The fourth-order valence-corrected chi connectivity index (χ4v) is 9.05. The lowest BCUT2D eigenvalue weighted by molar-refractivity contribution is -0.640. The molecule has 1 spiro atoms. The number of aryl methyl sites for hydroxylation is 1. The zero-order chi connectivity index (χ0) is 26.4. The van der Waals surface area contributed by atoms with Gasteiger partial charge in [-0.15, -0.1) is 0 Å². The molecule has 5 heteroatoms. The number of piperidine rings is 1. The van der Waals surface area contributed by atoms with Crippen molar-refractivity contribution in [2.45, 2.75) is 81.6 Å². The monoisotopic (exact) mass is 543 g/mol. The van der Waals surface area contributed by atoms with E-state index in [1.165, 1.54) is 59.7 Å². The number of carbonyl (C=O) groups excluding carboxylic acids is 1. The molecular formula is C34H42ClN3O+2. The van der Waals surface area contributed by atoms with Crippen LogP contribution in [-0.4, -0.2) is 36.5 Å². The van der Waals surface area contributed by atoms with E-state index in [4.69, 9.17) is 11.6 Å². The average Bonchev–Trinajstić information content (AvgIpc) is 3.40. The first-order chi connectivity index (χ1) is 19.1. The number of nitrogens with one attached hydrogen (secondary N) is 1. The Labute approximate surface area is 237 Å². The smallest absolute Gasteiger partial charge is 0.273 e. The molecule has 2 aliphatic carbocycles. The number of benzene rings is 2. The Morgan fingerprint density at radius 3 is 2.69 bits per heavy atom. The van der Waals surface area contributed by atoms with E-state index in [-0.39, 0.29) is 11.3 Å². The maximum absolute atomic E-state index is 14.7. The van der Waals surface area contributed by atoms with Crippen molar-refractivity contribution in [2.24, 2.45) is 11.8 Å². The first kappa shape index (κ1) is 25.5. The highest BCUT2D eigenvalue weighted by molar-refractivity contribution is 6.28. The number of nitrogens with two attached hydrogens (primary N) is 1. The number of hydrogen-bond donors (Lipinski definition) is 1. The molecule has 1 saturated carbocycles. The average molecular weight is 544 g/mol. The standard InChI is InChI=1S/C34H40ClN3O/c35-32-15-14-28-30(37-32)11-6-17-34(28)22-36-21-29(34)33(39)38-18-16-27(20-31(38)24-8-2-1-3-9-24)26-13-12-23-7-4-5-10-25(23)19-26/h4-5,7,10,12-15,19,24,27,29,31,36H,1-3,6,8-9,11,16-18,20-22H2/p+2/t27?,29-,31?,34-/m0/s1. The van der Waals surface area contributed by atoms with Crippen LogP contribution < -0.4 is 10.3 Å². The molecule has 4 aliphatic rings. The predicted octanol–water partition coefficient (Wildman–Crippen LogP) is 5.43. The van der Waals surface area contributed by atoms with Gasteiger partial charge >= 0.3 is 0 Å². The summed E-state index contributed by atoms with van der Waals surface area (Å²) in [6.07, 6.45) is 12.0. The van der Waals surface area contributed by atoms with Crippen molar-refractivity contribution in [1.29, 1.82) is 0 Å². The molecule has 0 bridgehead atoms. The molecule has 3 heterocycles. The lowest BCUT2D eigenvalue weighted by atomic mass is 9.64. The third-order valence-electron chi connectivity index (χ3n) is 10.8. The first-order valence-electron chi connectivity index (χ1n) is 15.4. The maximum Gasteiger partial charge on any atom is 0.273 e. The molecule has 2 unspecified atom stereocenters. The number of likely N-dealkylation sites (tertiary alicyclic amines) is 1. The lowest BCUT2D eigenvalue weighted by Crippen LogP contribution is -2.82. The number of aromatic nitrogens is 1. The Balaban J connectivity index is 1.19. The van der Waals surface area contributed by atoms with Gasteiger partial charge in [-0.3, -0.25) is 4.79 Å². The summed E-state index contributed by atoms with van der Waals surface area (Å²) in [5.41, 5.74) is 3.99. The van der Waals surface area contributed by atoms with Crippen LogP contribution >= 0.6 is 11.6 Å². The number of amides is 1. The van der Waals surface area contributed by atoms with E-state index < -0.39 is 0 Å². The zero-order valence-corrected chi connectivity index (χ0v) is 23.8. The highest BCUT2D eigenvalue weighted by atomic mass is 35.5. The van der Waals surface area contributed by atoms with Crippen molar-refractivity contribution < 1.29 is 15.1 Å². The molecule has 0 radical (unpaired) electrons. The number of pyridine rings is 1. The van der Waals surface area contributed by atoms with Crippen LogP contribution in [-0.2, 0) is 16.6 Å². The maximum atomic E-state index is 14.7. The third kappa shape index (κ3) is 4.58. The highest BCUT2D eigenvalue weighted by Gasteiger charge is 2.56. The molecule has 3 fully saturated rings. The normalized spacial score (nSPS) is 29.6. The third-order valence-corrected chi connectivity index (χ3v) is 11.0. The fourth-order valence-electron chi connectivity index (χ4n) is 8.88.